The number of hydrogen-bond acceptors (Lipinski definition) is 8. The number of esters is 1. The number of aliphatic hydroxyl groups excluding tert-OH is 4. The summed E-state index contributed by atoms with van der Waals surface area (Å²) in [5.41, 5.74) is 0.394. The predicted molar refractivity (Wildman–Crippen MR) is 164 cm³/mol. The number of unbranched alkanes of at least 4 members (excludes halogenated alkanes) is 9. The molecular weight excluding hydrogens is 540 g/mol. The Hall–Kier alpha value is -1.81. The molecule has 0 aliphatic carbocycles. The summed E-state index contributed by atoms with van der Waals surface area (Å²) in [6.07, 6.45) is 12.9. The lowest BCUT2D eigenvalue weighted by atomic mass is 9.89. The second-order valence-electron chi connectivity index (χ2n) is 12.2. The third kappa shape index (κ3) is 18.0. The summed E-state index contributed by atoms with van der Waals surface area (Å²) in [5, 5.41) is 47.7. The van der Waals surface area contributed by atoms with Gasteiger partial charge in [0.2, 0.25) is 0 Å². The molecule has 42 heavy (non-hydrogen) atoms. The van der Waals surface area contributed by atoms with E-state index in [1.165, 1.54) is 58.3 Å². The molecule has 0 fully saturated rings. The zero-order valence-corrected chi connectivity index (χ0v) is 26.8. The van der Waals surface area contributed by atoms with Gasteiger partial charge in [0.15, 0.2) is 18.0 Å². The summed E-state index contributed by atoms with van der Waals surface area (Å²) in [5.74, 6) is -3.92. The molecule has 0 amide bonds. The SMILES string of the molecule is CCCCCCCCCCCC(O)CCCCC(C)CC(C)C=C(C)C(=O)C(C)C(=O)OC(CO)C(O)C(O)C(=O)O. The van der Waals surface area contributed by atoms with Crippen molar-refractivity contribution in [3.05, 3.63) is 11.6 Å². The van der Waals surface area contributed by atoms with Gasteiger partial charge in [0, 0.05) is 0 Å². The van der Waals surface area contributed by atoms with Crippen LogP contribution >= 0.6 is 0 Å². The number of allylic oxidation sites excluding steroid dienone is 2. The summed E-state index contributed by atoms with van der Waals surface area (Å²) < 4.78 is 4.93. The summed E-state index contributed by atoms with van der Waals surface area (Å²) >= 11 is 0. The Kier molecular flexibility index (Phi) is 22.6. The quantitative estimate of drug-likeness (QED) is 0.0381. The molecule has 0 aliphatic rings. The predicted octanol–water partition coefficient (Wildman–Crippen LogP) is 5.35. The Morgan fingerprint density at radius 2 is 1.29 bits per heavy atom. The Bertz CT molecular complexity index is 781. The first-order valence-electron chi connectivity index (χ1n) is 16.2. The smallest absolute Gasteiger partial charge is 0.335 e. The van der Waals surface area contributed by atoms with Crippen LogP contribution in [0.5, 0.6) is 0 Å². The average molecular weight is 601 g/mol. The Morgan fingerprint density at radius 3 is 1.81 bits per heavy atom. The van der Waals surface area contributed by atoms with Gasteiger partial charge in [-0.05, 0) is 50.5 Å². The van der Waals surface area contributed by atoms with E-state index in [2.05, 4.69) is 13.8 Å². The summed E-state index contributed by atoms with van der Waals surface area (Å²) in [6, 6.07) is 0. The maximum atomic E-state index is 12.8. The summed E-state index contributed by atoms with van der Waals surface area (Å²) in [4.78, 5) is 36.0. The van der Waals surface area contributed by atoms with E-state index in [1.54, 1.807) is 6.92 Å². The molecule has 9 heteroatoms. The van der Waals surface area contributed by atoms with Crippen molar-refractivity contribution in [2.24, 2.45) is 17.8 Å². The van der Waals surface area contributed by atoms with Crippen LogP contribution in [0, 0.1) is 17.8 Å². The van der Waals surface area contributed by atoms with E-state index in [0.29, 0.717) is 11.5 Å². The molecule has 0 aromatic heterocycles. The second-order valence-corrected chi connectivity index (χ2v) is 12.2. The maximum absolute atomic E-state index is 12.8. The molecule has 9 nitrogen and oxygen atoms in total. The molecule has 0 rings (SSSR count). The molecule has 0 spiro atoms. The molecule has 0 bridgehead atoms. The van der Waals surface area contributed by atoms with Crippen LogP contribution in [0.15, 0.2) is 11.6 Å². The molecule has 0 aromatic rings. The van der Waals surface area contributed by atoms with Crippen molar-refractivity contribution in [3.8, 4) is 0 Å². The van der Waals surface area contributed by atoms with Gasteiger partial charge < -0.3 is 30.3 Å². The van der Waals surface area contributed by atoms with Crippen LogP contribution in [0.1, 0.15) is 131 Å². The van der Waals surface area contributed by atoms with Crippen molar-refractivity contribution in [2.45, 2.75) is 155 Å². The van der Waals surface area contributed by atoms with Gasteiger partial charge in [0.25, 0.3) is 0 Å². The molecular formula is C33H60O9. The second kappa shape index (κ2) is 23.6. The fourth-order valence-electron chi connectivity index (χ4n) is 5.30. The minimum atomic E-state index is -2.25. The Morgan fingerprint density at radius 1 is 0.786 bits per heavy atom. The average Bonchev–Trinajstić information content (AvgIpc) is 2.95. The molecule has 7 atom stereocenters. The van der Waals surface area contributed by atoms with E-state index in [0.717, 1.165) is 44.9 Å². The fraction of sp³-hybridized carbons (Fsp3) is 0.848. The monoisotopic (exact) mass is 600 g/mol. The van der Waals surface area contributed by atoms with Crippen LogP contribution in [0.4, 0.5) is 0 Å². The number of carboxylic acids is 1. The topological polar surface area (TPSA) is 162 Å². The van der Waals surface area contributed by atoms with Crippen molar-refractivity contribution in [3.63, 3.8) is 0 Å². The number of hydrogen-bond donors (Lipinski definition) is 5. The first kappa shape index (κ1) is 40.2. The van der Waals surface area contributed by atoms with Crippen LogP contribution in [0.25, 0.3) is 0 Å². The number of aliphatic hydroxyl groups is 4. The van der Waals surface area contributed by atoms with Gasteiger partial charge in [-0.2, -0.15) is 0 Å². The van der Waals surface area contributed by atoms with Crippen molar-refractivity contribution in [1.82, 2.24) is 0 Å². The third-order valence-electron chi connectivity index (χ3n) is 7.97. The van der Waals surface area contributed by atoms with E-state index < -0.39 is 48.6 Å². The lowest BCUT2D eigenvalue weighted by molar-refractivity contribution is -0.176. The van der Waals surface area contributed by atoms with Gasteiger partial charge >= 0.3 is 11.9 Å². The van der Waals surface area contributed by atoms with Crippen molar-refractivity contribution in [2.75, 3.05) is 6.61 Å². The zero-order chi connectivity index (χ0) is 32.1. The number of carboxylic acid groups (broad SMARTS) is 1. The zero-order valence-electron chi connectivity index (χ0n) is 26.8. The largest absolute Gasteiger partial charge is 0.479 e. The first-order valence-corrected chi connectivity index (χ1v) is 16.2. The van der Waals surface area contributed by atoms with Gasteiger partial charge in [-0.1, -0.05) is 104 Å². The first-order chi connectivity index (χ1) is 19.8. The highest BCUT2D eigenvalue weighted by Crippen LogP contribution is 2.22. The van der Waals surface area contributed by atoms with Crippen LogP contribution in [0.3, 0.4) is 0 Å². The molecule has 0 aromatic carbocycles. The van der Waals surface area contributed by atoms with E-state index in [9.17, 15) is 34.8 Å². The minimum absolute atomic E-state index is 0.0992. The molecule has 0 heterocycles. The van der Waals surface area contributed by atoms with Gasteiger partial charge in [-0.25, -0.2) is 4.79 Å². The van der Waals surface area contributed by atoms with Gasteiger partial charge in [-0.3, -0.25) is 9.59 Å². The number of ether oxygens (including phenoxy) is 1. The van der Waals surface area contributed by atoms with Crippen LogP contribution in [-0.2, 0) is 19.1 Å². The lowest BCUT2D eigenvalue weighted by Crippen LogP contribution is -2.46. The highest BCUT2D eigenvalue weighted by molar-refractivity contribution is 6.07. The Balaban J connectivity index is 4.34. The van der Waals surface area contributed by atoms with Gasteiger partial charge in [0.05, 0.1) is 12.7 Å². The standard InChI is InChI=1S/C33H60O9/c1-6-7-8-9-10-11-12-13-14-18-27(35)19-16-15-17-23(2)20-24(3)21-25(4)29(36)26(5)33(41)42-28(22-34)30(37)31(38)32(39)40/h21,23-24,26-28,30-31,34-35,37-38H,6-20,22H2,1-5H3,(H,39,40). The molecule has 0 saturated carbocycles. The van der Waals surface area contributed by atoms with Crippen molar-refractivity contribution < 1.29 is 44.7 Å². The number of carbonyl (C=O) groups is 3. The fourth-order valence-corrected chi connectivity index (χ4v) is 5.30. The van der Waals surface area contributed by atoms with E-state index in [4.69, 9.17) is 9.84 Å². The molecule has 7 unspecified atom stereocenters. The minimum Gasteiger partial charge on any atom is -0.479 e. The number of Topliss-reactive ketones (excluding diaryl/α,β-unsaturated/α-hetero) is 1. The molecule has 5 N–H and O–H groups in total. The van der Waals surface area contributed by atoms with Crippen molar-refractivity contribution in [1.29, 1.82) is 0 Å². The Labute approximate surface area is 253 Å². The molecule has 0 radical (unpaired) electrons. The molecule has 246 valence electrons. The summed E-state index contributed by atoms with van der Waals surface area (Å²) in [7, 11) is 0. The summed E-state index contributed by atoms with van der Waals surface area (Å²) in [6.45, 7) is 8.47. The van der Waals surface area contributed by atoms with E-state index in [-0.39, 0.29) is 12.0 Å². The van der Waals surface area contributed by atoms with E-state index in [1.807, 2.05) is 13.0 Å². The van der Waals surface area contributed by atoms with Crippen LogP contribution in [0.2, 0.25) is 0 Å². The maximum Gasteiger partial charge on any atom is 0.335 e. The van der Waals surface area contributed by atoms with Gasteiger partial charge in [0.1, 0.15) is 12.0 Å². The van der Waals surface area contributed by atoms with E-state index >= 15 is 0 Å². The van der Waals surface area contributed by atoms with Gasteiger partial charge in [-0.15, -0.1) is 0 Å². The normalized spacial score (nSPS) is 17.1. The van der Waals surface area contributed by atoms with Crippen LogP contribution in [-0.4, -0.2) is 74.3 Å². The number of carbonyl (C=O) groups excluding carboxylic acids is 2. The highest BCUT2D eigenvalue weighted by Gasteiger charge is 2.35. The van der Waals surface area contributed by atoms with Crippen molar-refractivity contribution >= 4 is 17.7 Å². The molecule has 0 aliphatic heterocycles. The van der Waals surface area contributed by atoms with Crippen LogP contribution < -0.4 is 0 Å². The number of aliphatic carboxylic acids is 1. The number of ketones is 1. The lowest BCUT2D eigenvalue weighted by Gasteiger charge is -2.24. The number of rotatable bonds is 26. The molecule has 0 saturated heterocycles. The third-order valence-corrected chi connectivity index (χ3v) is 7.97. The highest BCUT2D eigenvalue weighted by atomic mass is 16.6.